The third kappa shape index (κ3) is 3.26. The summed E-state index contributed by atoms with van der Waals surface area (Å²) in [5.74, 6) is 4.28. The number of hydrogen-bond acceptors (Lipinski definition) is 2. The Labute approximate surface area is 142 Å². The lowest BCUT2D eigenvalue weighted by molar-refractivity contribution is -0.137. The van der Waals surface area contributed by atoms with Crippen LogP contribution in [-0.4, -0.2) is 23.3 Å². The number of carbonyl (C=O) groups excluding carboxylic acids is 2. The van der Waals surface area contributed by atoms with E-state index in [4.69, 9.17) is 0 Å². The van der Waals surface area contributed by atoms with Crippen LogP contribution in [0.25, 0.3) is 0 Å². The number of halogens is 3. The molecule has 0 bridgehead atoms. The van der Waals surface area contributed by atoms with Crippen LogP contribution in [0.5, 0.6) is 0 Å². The highest BCUT2D eigenvalue weighted by Gasteiger charge is 2.34. The minimum Gasteiger partial charge on any atom is -0.273 e. The van der Waals surface area contributed by atoms with Gasteiger partial charge in [-0.2, -0.15) is 13.2 Å². The van der Waals surface area contributed by atoms with Crippen LogP contribution in [0.1, 0.15) is 38.3 Å². The molecule has 2 amide bonds. The van der Waals surface area contributed by atoms with Gasteiger partial charge in [0.2, 0.25) is 0 Å². The molecule has 0 aromatic heterocycles. The van der Waals surface area contributed by atoms with Crippen molar-refractivity contribution < 1.29 is 22.8 Å². The monoisotopic (exact) mass is 343 g/mol. The Morgan fingerprint density at radius 3 is 2.04 bits per heavy atom. The van der Waals surface area contributed by atoms with Gasteiger partial charge in [-0.1, -0.05) is 36.1 Å². The van der Waals surface area contributed by atoms with Gasteiger partial charge in [-0.05, 0) is 24.3 Å². The maximum Gasteiger partial charge on any atom is 0.417 e. The molecule has 126 valence electrons. The van der Waals surface area contributed by atoms with Gasteiger partial charge >= 0.3 is 6.18 Å². The summed E-state index contributed by atoms with van der Waals surface area (Å²) in [5, 5.41) is 0. The van der Waals surface area contributed by atoms with Crippen molar-refractivity contribution in [2.45, 2.75) is 12.6 Å². The smallest absolute Gasteiger partial charge is 0.273 e. The normalized spacial score (nSPS) is 13.5. The van der Waals surface area contributed by atoms with Crippen LogP contribution >= 0.6 is 0 Å². The highest BCUT2D eigenvalue weighted by Crippen LogP contribution is 2.31. The molecular formula is C19H12F3NO2. The van der Waals surface area contributed by atoms with Gasteiger partial charge in [0.1, 0.15) is 0 Å². The summed E-state index contributed by atoms with van der Waals surface area (Å²) >= 11 is 0. The van der Waals surface area contributed by atoms with Crippen LogP contribution in [0, 0.1) is 11.8 Å². The summed E-state index contributed by atoms with van der Waals surface area (Å²) in [7, 11) is 0. The van der Waals surface area contributed by atoms with E-state index in [1.807, 2.05) is 0 Å². The van der Waals surface area contributed by atoms with Gasteiger partial charge in [0.05, 0.1) is 16.7 Å². The molecule has 0 saturated heterocycles. The first-order valence-electron chi connectivity index (χ1n) is 7.50. The minimum atomic E-state index is -4.48. The van der Waals surface area contributed by atoms with Gasteiger partial charge in [0.15, 0.2) is 0 Å². The van der Waals surface area contributed by atoms with Crippen LogP contribution in [0.15, 0.2) is 48.5 Å². The first-order chi connectivity index (χ1) is 11.9. The molecule has 1 heterocycles. The van der Waals surface area contributed by atoms with Crippen LogP contribution in [-0.2, 0) is 6.18 Å². The molecule has 6 heteroatoms. The predicted molar refractivity (Wildman–Crippen MR) is 84.7 cm³/mol. The van der Waals surface area contributed by atoms with Crippen molar-refractivity contribution in [1.29, 1.82) is 0 Å². The molecule has 0 spiro atoms. The molecule has 1 aliphatic heterocycles. The summed E-state index contributed by atoms with van der Waals surface area (Å²) in [6.45, 7) is 0.0352. The summed E-state index contributed by atoms with van der Waals surface area (Å²) in [5.41, 5.74) is -0.258. The Kier molecular flexibility index (Phi) is 4.32. The number of alkyl halides is 3. The lowest BCUT2D eigenvalue weighted by Crippen LogP contribution is -2.30. The number of rotatable bonds is 2. The fourth-order valence-electron chi connectivity index (χ4n) is 2.61. The zero-order chi connectivity index (χ0) is 18.0. The van der Waals surface area contributed by atoms with Crippen LogP contribution in [0.4, 0.5) is 13.2 Å². The molecule has 0 N–H and O–H groups in total. The van der Waals surface area contributed by atoms with Gasteiger partial charge < -0.3 is 0 Å². The SMILES string of the molecule is O=C1c2ccccc2C(=O)N1CCC#Cc1ccccc1C(F)(F)F. The third-order valence-corrected chi connectivity index (χ3v) is 3.79. The fourth-order valence-corrected chi connectivity index (χ4v) is 2.61. The molecule has 25 heavy (non-hydrogen) atoms. The minimum absolute atomic E-state index is 0.0352. The van der Waals surface area contributed by atoms with Crippen molar-refractivity contribution in [1.82, 2.24) is 4.90 Å². The van der Waals surface area contributed by atoms with Crippen molar-refractivity contribution >= 4 is 11.8 Å². The highest BCUT2D eigenvalue weighted by molar-refractivity contribution is 6.21. The van der Waals surface area contributed by atoms with Crippen molar-refractivity contribution in [2.75, 3.05) is 6.54 Å². The van der Waals surface area contributed by atoms with Gasteiger partial charge in [0.25, 0.3) is 11.8 Å². The average Bonchev–Trinajstić information content (AvgIpc) is 2.83. The van der Waals surface area contributed by atoms with E-state index >= 15 is 0 Å². The molecule has 0 fully saturated rings. The number of fused-ring (bicyclic) bond motifs is 1. The number of carbonyl (C=O) groups is 2. The number of amides is 2. The summed E-state index contributed by atoms with van der Waals surface area (Å²) in [4.78, 5) is 25.4. The van der Waals surface area contributed by atoms with Crippen LogP contribution in [0.3, 0.4) is 0 Å². The summed E-state index contributed by atoms with van der Waals surface area (Å²) in [6.07, 6.45) is -4.38. The quantitative estimate of drug-likeness (QED) is 0.615. The van der Waals surface area contributed by atoms with E-state index < -0.39 is 23.6 Å². The van der Waals surface area contributed by atoms with Crippen LogP contribution in [0.2, 0.25) is 0 Å². The van der Waals surface area contributed by atoms with Gasteiger partial charge in [-0.3, -0.25) is 14.5 Å². The van der Waals surface area contributed by atoms with Gasteiger partial charge in [0, 0.05) is 18.5 Å². The predicted octanol–water partition coefficient (Wildman–Crippen LogP) is 3.74. The Bertz CT molecular complexity index is 872. The largest absolute Gasteiger partial charge is 0.417 e. The van der Waals surface area contributed by atoms with E-state index in [9.17, 15) is 22.8 Å². The van der Waals surface area contributed by atoms with Crippen molar-refractivity contribution in [3.8, 4) is 11.8 Å². The highest BCUT2D eigenvalue weighted by atomic mass is 19.4. The second-order valence-corrected chi connectivity index (χ2v) is 5.40. The Morgan fingerprint density at radius 2 is 1.44 bits per heavy atom. The molecule has 2 aromatic rings. The van der Waals surface area contributed by atoms with E-state index in [0.717, 1.165) is 11.0 Å². The standard InChI is InChI=1S/C19H12F3NO2/c20-19(21,22)16-11-4-1-7-13(16)8-5-6-12-23-17(24)14-9-2-3-10-15(14)18(23)25/h1-4,7,9-11H,6,12H2. The summed E-state index contributed by atoms with van der Waals surface area (Å²) < 4.78 is 38.7. The lowest BCUT2D eigenvalue weighted by atomic mass is 10.1. The molecule has 0 unspecified atom stereocenters. The van der Waals surface area contributed by atoms with Crippen LogP contribution < -0.4 is 0 Å². The number of nitrogens with zero attached hydrogens (tertiary/aromatic N) is 1. The van der Waals surface area contributed by atoms with Crippen molar-refractivity contribution in [3.63, 3.8) is 0 Å². The Morgan fingerprint density at radius 1 is 0.880 bits per heavy atom. The van der Waals surface area contributed by atoms with Crippen molar-refractivity contribution in [3.05, 3.63) is 70.8 Å². The lowest BCUT2D eigenvalue weighted by Gasteiger charge is -2.11. The first kappa shape index (κ1) is 16.8. The first-order valence-corrected chi connectivity index (χ1v) is 7.50. The molecule has 3 nitrogen and oxygen atoms in total. The second-order valence-electron chi connectivity index (χ2n) is 5.40. The fraction of sp³-hybridized carbons (Fsp3) is 0.158. The van der Waals surface area contributed by atoms with Gasteiger partial charge in [-0.15, -0.1) is 0 Å². The van der Waals surface area contributed by atoms with Crippen molar-refractivity contribution in [2.24, 2.45) is 0 Å². The molecule has 2 aromatic carbocycles. The Balaban J connectivity index is 1.71. The molecule has 0 saturated carbocycles. The molecule has 0 atom stereocenters. The Hall–Kier alpha value is -3.07. The third-order valence-electron chi connectivity index (χ3n) is 3.79. The number of benzene rings is 2. The molecule has 0 radical (unpaired) electrons. The average molecular weight is 343 g/mol. The molecule has 0 aliphatic carbocycles. The van der Waals surface area contributed by atoms with E-state index in [0.29, 0.717) is 11.1 Å². The number of imide groups is 1. The summed E-state index contributed by atoms with van der Waals surface area (Å²) in [6, 6.07) is 11.5. The molecule has 1 aliphatic rings. The maximum atomic E-state index is 12.9. The zero-order valence-electron chi connectivity index (χ0n) is 12.9. The van der Waals surface area contributed by atoms with E-state index in [1.54, 1.807) is 24.3 Å². The molecular weight excluding hydrogens is 331 g/mol. The zero-order valence-corrected chi connectivity index (χ0v) is 12.9. The van der Waals surface area contributed by atoms with E-state index in [2.05, 4.69) is 11.8 Å². The van der Waals surface area contributed by atoms with E-state index in [-0.39, 0.29) is 18.5 Å². The second kappa shape index (κ2) is 6.44. The maximum absolute atomic E-state index is 12.9. The topological polar surface area (TPSA) is 37.4 Å². The molecule has 3 rings (SSSR count). The van der Waals surface area contributed by atoms with Gasteiger partial charge in [-0.25, -0.2) is 0 Å². The number of hydrogen-bond donors (Lipinski definition) is 0. The van der Waals surface area contributed by atoms with E-state index in [1.165, 1.54) is 18.2 Å².